The van der Waals surface area contributed by atoms with Crippen LogP contribution in [0.2, 0.25) is 0 Å². The minimum absolute atomic E-state index is 0.218. The monoisotopic (exact) mass is 289 g/mol. The Morgan fingerprint density at radius 3 is 2.68 bits per heavy atom. The topological polar surface area (TPSA) is 76.9 Å². The molecule has 0 radical (unpaired) electrons. The summed E-state index contributed by atoms with van der Waals surface area (Å²) in [6, 6.07) is 17.6. The van der Waals surface area contributed by atoms with Gasteiger partial charge < -0.3 is 4.98 Å². The molecule has 0 aliphatic rings. The molecule has 0 aliphatic carbocycles. The fourth-order valence-electron chi connectivity index (χ4n) is 2.13. The number of nitriles is 1. The Hall–Kier alpha value is -3.13. The lowest BCUT2D eigenvalue weighted by Crippen LogP contribution is -2.03. The fraction of sp³-hybridized carbons (Fsp3) is 0.118. The summed E-state index contributed by atoms with van der Waals surface area (Å²) in [5.41, 5.74) is 6.90. The molecule has 0 aliphatic heterocycles. The number of aromatic nitrogens is 2. The molecule has 3 rings (SSSR count). The standard InChI is InChI=1S/C17H15N5/c1-2-12-7-9-13(10-8-12)21-22-16(11-18)17-19-14-5-3-4-6-15(14)20-17/h3-10,21H,2H2,1H3,(H,19,20). The highest BCUT2D eigenvalue weighted by Crippen LogP contribution is 2.12. The first-order chi connectivity index (χ1) is 10.8. The van der Waals surface area contributed by atoms with E-state index in [9.17, 15) is 5.26 Å². The number of aryl methyl sites for hydroxylation is 1. The summed E-state index contributed by atoms with van der Waals surface area (Å²) in [6.07, 6.45) is 0.992. The quantitative estimate of drug-likeness (QED) is 0.570. The second-order valence-corrected chi connectivity index (χ2v) is 4.84. The van der Waals surface area contributed by atoms with Crippen LogP contribution in [0.15, 0.2) is 53.6 Å². The van der Waals surface area contributed by atoms with Crippen LogP contribution in [0.4, 0.5) is 5.69 Å². The van der Waals surface area contributed by atoms with E-state index in [1.54, 1.807) is 0 Å². The SMILES string of the molecule is CCc1ccc(NN=C(C#N)c2nc3ccccc3[nH]2)cc1. The van der Waals surface area contributed by atoms with Crippen LogP contribution in [-0.4, -0.2) is 15.7 Å². The minimum Gasteiger partial charge on any atom is -0.336 e. The van der Waals surface area contributed by atoms with Gasteiger partial charge in [0.05, 0.1) is 16.7 Å². The lowest BCUT2D eigenvalue weighted by atomic mass is 10.2. The highest BCUT2D eigenvalue weighted by atomic mass is 15.3. The predicted molar refractivity (Wildman–Crippen MR) is 87.7 cm³/mol. The first-order valence-electron chi connectivity index (χ1n) is 7.08. The number of hydrazone groups is 1. The van der Waals surface area contributed by atoms with Gasteiger partial charge in [0.25, 0.3) is 0 Å². The number of nitrogens with one attached hydrogen (secondary N) is 2. The van der Waals surface area contributed by atoms with Crippen molar-refractivity contribution < 1.29 is 0 Å². The number of benzene rings is 2. The van der Waals surface area contributed by atoms with Crippen LogP contribution in [0, 0.1) is 11.3 Å². The number of fused-ring (bicyclic) bond motifs is 1. The Morgan fingerprint density at radius 1 is 1.23 bits per heavy atom. The molecule has 2 aromatic carbocycles. The van der Waals surface area contributed by atoms with Crippen LogP contribution in [0.1, 0.15) is 18.3 Å². The fourth-order valence-corrected chi connectivity index (χ4v) is 2.13. The number of rotatable bonds is 4. The second kappa shape index (κ2) is 6.10. The molecule has 108 valence electrons. The van der Waals surface area contributed by atoms with E-state index in [-0.39, 0.29) is 5.71 Å². The Labute approximate surface area is 128 Å². The lowest BCUT2D eigenvalue weighted by Gasteiger charge is -2.02. The molecule has 1 aromatic heterocycles. The largest absolute Gasteiger partial charge is 0.336 e. The molecule has 0 unspecified atom stereocenters. The summed E-state index contributed by atoms with van der Waals surface area (Å²) >= 11 is 0. The van der Waals surface area contributed by atoms with E-state index < -0.39 is 0 Å². The summed E-state index contributed by atoms with van der Waals surface area (Å²) in [5.74, 6) is 0.460. The maximum absolute atomic E-state index is 9.28. The molecule has 2 N–H and O–H groups in total. The first kappa shape index (κ1) is 13.8. The maximum Gasteiger partial charge on any atom is 0.203 e. The number of nitrogens with zero attached hydrogens (tertiary/aromatic N) is 3. The molecular formula is C17H15N5. The van der Waals surface area contributed by atoms with Gasteiger partial charge >= 0.3 is 0 Å². The number of para-hydroxylation sites is 2. The van der Waals surface area contributed by atoms with Gasteiger partial charge in [0, 0.05) is 0 Å². The molecule has 0 saturated heterocycles. The molecule has 0 bridgehead atoms. The van der Waals surface area contributed by atoms with Crippen molar-refractivity contribution in [3.63, 3.8) is 0 Å². The second-order valence-electron chi connectivity index (χ2n) is 4.84. The third-order valence-corrected chi connectivity index (χ3v) is 3.38. The van der Waals surface area contributed by atoms with E-state index in [4.69, 9.17) is 0 Å². The Morgan fingerprint density at radius 2 is 2.00 bits per heavy atom. The van der Waals surface area contributed by atoms with Crippen LogP contribution in [0.5, 0.6) is 0 Å². The van der Waals surface area contributed by atoms with E-state index in [2.05, 4.69) is 33.5 Å². The third kappa shape index (κ3) is 2.81. The molecule has 5 heteroatoms. The highest BCUT2D eigenvalue weighted by Gasteiger charge is 2.08. The third-order valence-electron chi connectivity index (χ3n) is 3.38. The zero-order valence-corrected chi connectivity index (χ0v) is 12.2. The van der Waals surface area contributed by atoms with E-state index in [1.807, 2.05) is 48.5 Å². The van der Waals surface area contributed by atoms with Crippen LogP contribution in [0.25, 0.3) is 11.0 Å². The maximum atomic E-state index is 9.28. The number of anilines is 1. The normalized spacial score (nSPS) is 11.4. The molecular weight excluding hydrogens is 274 g/mol. The van der Waals surface area contributed by atoms with Crippen LogP contribution in [-0.2, 0) is 6.42 Å². The smallest absolute Gasteiger partial charge is 0.203 e. The average molecular weight is 289 g/mol. The Balaban J connectivity index is 1.84. The Kier molecular flexibility index (Phi) is 3.84. The van der Waals surface area contributed by atoms with E-state index in [0.717, 1.165) is 23.1 Å². The highest BCUT2D eigenvalue weighted by molar-refractivity contribution is 6.10. The van der Waals surface area contributed by atoms with Gasteiger partial charge in [-0.05, 0) is 36.2 Å². The summed E-state index contributed by atoms with van der Waals surface area (Å²) in [6.45, 7) is 2.11. The van der Waals surface area contributed by atoms with Gasteiger partial charge in [-0.3, -0.25) is 5.43 Å². The van der Waals surface area contributed by atoms with Crippen molar-refractivity contribution in [3.05, 3.63) is 59.9 Å². The molecule has 5 nitrogen and oxygen atoms in total. The zero-order valence-electron chi connectivity index (χ0n) is 12.2. The van der Waals surface area contributed by atoms with Crippen molar-refractivity contribution in [3.8, 4) is 6.07 Å². The minimum atomic E-state index is 0.218. The van der Waals surface area contributed by atoms with Crippen molar-refractivity contribution in [1.29, 1.82) is 5.26 Å². The van der Waals surface area contributed by atoms with Crippen molar-refractivity contribution >= 4 is 22.4 Å². The molecule has 3 aromatic rings. The van der Waals surface area contributed by atoms with Crippen molar-refractivity contribution in [1.82, 2.24) is 9.97 Å². The average Bonchev–Trinajstić information content (AvgIpc) is 3.00. The Bertz CT molecular complexity index is 820. The summed E-state index contributed by atoms with van der Waals surface area (Å²) in [4.78, 5) is 7.47. The molecule has 0 spiro atoms. The van der Waals surface area contributed by atoms with Gasteiger partial charge in [0.15, 0.2) is 5.82 Å². The molecule has 0 fully saturated rings. The van der Waals surface area contributed by atoms with E-state index in [0.29, 0.717) is 5.82 Å². The summed E-state index contributed by atoms with van der Waals surface area (Å²) in [7, 11) is 0. The van der Waals surface area contributed by atoms with Gasteiger partial charge in [-0.15, -0.1) is 0 Å². The number of hydrogen-bond donors (Lipinski definition) is 2. The predicted octanol–water partition coefficient (Wildman–Crippen LogP) is 3.47. The molecule has 22 heavy (non-hydrogen) atoms. The zero-order chi connectivity index (χ0) is 15.4. The van der Waals surface area contributed by atoms with Gasteiger partial charge in [0.2, 0.25) is 5.71 Å². The number of hydrogen-bond acceptors (Lipinski definition) is 4. The molecule has 0 amide bonds. The van der Waals surface area contributed by atoms with Crippen molar-refractivity contribution in [2.24, 2.45) is 5.10 Å². The summed E-state index contributed by atoms with van der Waals surface area (Å²) in [5, 5.41) is 13.4. The van der Waals surface area contributed by atoms with Crippen LogP contribution < -0.4 is 5.43 Å². The van der Waals surface area contributed by atoms with Gasteiger partial charge in [-0.1, -0.05) is 31.2 Å². The van der Waals surface area contributed by atoms with E-state index >= 15 is 0 Å². The summed E-state index contributed by atoms with van der Waals surface area (Å²) < 4.78 is 0. The number of H-pyrrole nitrogens is 1. The lowest BCUT2D eigenvalue weighted by molar-refractivity contribution is 1.14. The number of imidazole rings is 1. The van der Waals surface area contributed by atoms with Crippen LogP contribution >= 0.6 is 0 Å². The van der Waals surface area contributed by atoms with E-state index in [1.165, 1.54) is 5.56 Å². The van der Waals surface area contributed by atoms with Gasteiger partial charge in [-0.25, -0.2) is 4.98 Å². The van der Waals surface area contributed by atoms with Crippen molar-refractivity contribution in [2.75, 3.05) is 5.43 Å². The number of aromatic amines is 1. The molecule has 1 heterocycles. The van der Waals surface area contributed by atoms with Gasteiger partial charge in [0.1, 0.15) is 6.07 Å². The van der Waals surface area contributed by atoms with Crippen LogP contribution in [0.3, 0.4) is 0 Å². The molecule has 0 atom stereocenters. The first-order valence-corrected chi connectivity index (χ1v) is 7.08. The molecule has 0 saturated carbocycles. The van der Waals surface area contributed by atoms with Gasteiger partial charge in [-0.2, -0.15) is 10.4 Å². The van der Waals surface area contributed by atoms with Crippen molar-refractivity contribution in [2.45, 2.75) is 13.3 Å².